The number of nitrogens with one attached hydrogen (secondary N) is 1. The first kappa shape index (κ1) is 21.7. The minimum absolute atomic E-state index is 0.0199. The minimum atomic E-state index is -3.73. The summed E-state index contributed by atoms with van der Waals surface area (Å²) in [6.07, 6.45) is 1.55. The number of rotatable bonds is 6. The second kappa shape index (κ2) is 9.00. The van der Waals surface area contributed by atoms with Crippen LogP contribution in [-0.4, -0.2) is 18.9 Å². The Kier molecular flexibility index (Phi) is 5.74. The first-order chi connectivity index (χ1) is 16.5. The van der Waals surface area contributed by atoms with Gasteiger partial charge in [0.05, 0.1) is 9.79 Å². The van der Waals surface area contributed by atoms with Gasteiger partial charge >= 0.3 is 0 Å². The maximum Gasteiger partial charge on any atom is 0.244 e. The number of hydrogen-bond acceptors (Lipinski definition) is 3. The van der Waals surface area contributed by atoms with Crippen molar-refractivity contribution in [1.82, 2.24) is 4.57 Å². The van der Waals surface area contributed by atoms with E-state index in [4.69, 9.17) is 0 Å². The van der Waals surface area contributed by atoms with Gasteiger partial charge in [-0.1, -0.05) is 84.9 Å². The molecule has 0 saturated heterocycles. The molecule has 0 unspecified atom stereocenters. The van der Waals surface area contributed by atoms with Gasteiger partial charge in [-0.2, -0.15) is 0 Å². The van der Waals surface area contributed by atoms with Crippen LogP contribution in [0.25, 0.3) is 22.0 Å². The number of fused-ring (bicyclic) bond motifs is 1. The van der Waals surface area contributed by atoms with Gasteiger partial charge in [0.25, 0.3) is 0 Å². The van der Waals surface area contributed by atoms with Gasteiger partial charge in [0.2, 0.25) is 15.7 Å². The van der Waals surface area contributed by atoms with Crippen molar-refractivity contribution in [3.63, 3.8) is 0 Å². The van der Waals surface area contributed by atoms with Crippen LogP contribution in [0.5, 0.6) is 0 Å². The smallest absolute Gasteiger partial charge is 0.244 e. The van der Waals surface area contributed by atoms with E-state index in [1.807, 2.05) is 66.7 Å². The number of hydrogen-bond donors (Lipinski definition) is 1. The largest absolute Gasteiger partial charge is 0.337 e. The highest BCUT2D eigenvalue weighted by Gasteiger charge is 2.23. The predicted octanol–water partition coefficient (Wildman–Crippen LogP) is 5.78. The Bertz CT molecular complexity index is 1570. The van der Waals surface area contributed by atoms with Gasteiger partial charge in [-0.3, -0.25) is 4.79 Å². The molecule has 6 heteroatoms. The van der Waals surface area contributed by atoms with Gasteiger partial charge in [-0.15, -0.1) is 0 Å². The molecular formula is C28H22N2O3S. The van der Waals surface area contributed by atoms with Crippen molar-refractivity contribution in [3.05, 3.63) is 115 Å². The number of benzene rings is 4. The molecule has 1 N–H and O–H groups in total. The van der Waals surface area contributed by atoms with Crippen molar-refractivity contribution in [2.24, 2.45) is 0 Å². The summed E-state index contributed by atoms with van der Waals surface area (Å²) in [7, 11) is -3.73. The Morgan fingerprint density at radius 3 is 2.12 bits per heavy atom. The monoisotopic (exact) mass is 466 g/mol. The average molecular weight is 467 g/mol. The van der Waals surface area contributed by atoms with E-state index in [1.165, 1.54) is 0 Å². The van der Waals surface area contributed by atoms with Crippen molar-refractivity contribution >= 4 is 32.3 Å². The number of amides is 1. The molecule has 1 heterocycles. The Morgan fingerprint density at radius 1 is 0.735 bits per heavy atom. The molecule has 0 fully saturated rings. The standard InChI is InChI=1S/C28H22N2O3S/c31-28(29-25-17-9-7-15-23(25)21-11-3-1-4-12-21)20-30-19-27(24-16-8-10-18-26(24)30)34(32,33)22-13-5-2-6-14-22/h1-19H,20H2,(H,29,31). The van der Waals surface area contributed by atoms with Gasteiger partial charge < -0.3 is 9.88 Å². The Labute approximate surface area is 198 Å². The molecule has 0 spiro atoms. The molecule has 0 atom stereocenters. The fraction of sp³-hybridized carbons (Fsp3) is 0.0357. The second-order valence-corrected chi connectivity index (χ2v) is 9.83. The number of nitrogens with zero attached hydrogens (tertiary/aromatic N) is 1. The summed E-state index contributed by atoms with van der Waals surface area (Å²) < 4.78 is 28.3. The highest BCUT2D eigenvalue weighted by atomic mass is 32.2. The van der Waals surface area contributed by atoms with Crippen LogP contribution >= 0.6 is 0 Å². The molecule has 0 radical (unpaired) electrons. The Hall–Kier alpha value is -4.16. The van der Waals surface area contributed by atoms with E-state index in [9.17, 15) is 13.2 Å². The SMILES string of the molecule is O=C(Cn1cc(S(=O)(=O)c2ccccc2)c2ccccc21)Nc1ccccc1-c1ccccc1. The first-order valence-electron chi connectivity index (χ1n) is 10.9. The zero-order valence-corrected chi connectivity index (χ0v) is 19.1. The van der Waals surface area contributed by atoms with Crippen molar-refractivity contribution in [2.45, 2.75) is 16.3 Å². The molecule has 0 bridgehead atoms. The fourth-order valence-electron chi connectivity index (χ4n) is 4.09. The lowest BCUT2D eigenvalue weighted by Gasteiger charge is -2.12. The summed E-state index contributed by atoms with van der Waals surface area (Å²) in [5.41, 5.74) is 3.30. The van der Waals surface area contributed by atoms with Crippen molar-refractivity contribution in [2.75, 3.05) is 5.32 Å². The van der Waals surface area contributed by atoms with Gasteiger partial charge in [0.1, 0.15) is 6.54 Å². The fourth-order valence-corrected chi connectivity index (χ4v) is 5.59. The zero-order chi connectivity index (χ0) is 23.5. The third-order valence-corrected chi connectivity index (χ3v) is 7.49. The van der Waals surface area contributed by atoms with E-state index in [0.717, 1.165) is 11.1 Å². The highest BCUT2D eigenvalue weighted by Crippen LogP contribution is 2.31. The molecular weight excluding hydrogens is 444 g/mol. The lowest BCUT2D eigenvalue weighted by molar-refractivity contribution is -0.116. The van der Waals surface area contributed by atoms with Crippen molar-refractivity contribution in [3.8, 4) is 11.1 Å². The summed E-state index contributed by atoms with van der Waals surface area (Å²) >= 11 is 0. The van der Waals surface area contributed by atoms with Gasteiger partial charge in [-0.05, 0) is 29.8 Å². The summed E-state index contributed by atoms with van der Waals surface area (Å²) in [4.78, 5) is 13.5. The molecule has 34 heavy (non-hydrogen) atoms. The van der Waals surface area contributed by atoms with Gasteiger partial charge in [0, 0.05) is 28.4 Å². The van der Waals surface area contributed by atoms with E-state index >= 15 is 0 Å². The number of carbonyl (C=O) groups excluding carboxylic acids is 1. The van der Waals surface area contributed by atoms with Gasteiger partial charge in [0.15, 0.2) is 0 Å². The molecule has 0 saturated carbocycles. The summed E-state index contributed by atoms with van der Waals surface area (Å²) in [6, 6.07) is 33.0. The van der Waals surface area contributed by atoms with Crippen LogP contribution in [0.15, 0.2) is 125 Å². The van der Waals surface area contributed by atoms with Crippen LogP contribution in [-0.2, 0) is 21.2 Å². The van der Waals surface area contributed by atoms with Crippen LogP contribution in [0.4, 0.5) is 5.69 Å². The van der Waals surface area contributed by atoms with Gasteiger partial charge in [-0.25, -0.2) is 8.42 Å². The molecule has 4 aromatic carbocycles. The lowest BCUT2D eigenvalue weighted by atomic mass is 10.0. The predicted molar refractivity (Wildman–Crippen MR) is 134 cm³/mol. The van der Waals surface area contributed by atoms with Crippen LogP contribution in [0.1, 0.15) is 0 Å². The molecule has 1 aromatic heterocycles. The van der Waals surface area contributed by atoms with Crippen molar-refractivity contribution < 1.29 is 13.2 Å². The molecule has 0 aliphatic rings. The van der Waals surface area contributed by atoms with E-state index in [2.05, 4.69) is 5.32 Å². The quantitative estimate of drug-likeness (QED) is 0.345. The van der Waals surface area contributed by atoms with Crippen molar-refractivity contribution in [1.29, 1.82) is 0 Å². The maximum absolute atomic E-state index is 13.3. The third-order valence-electron chi connectivity index (χ3n) is 5.69. The average Bonchev–Trinajstić information content (AvgIpc) is 3.24. The number of anilines is 1. The topological polar surface area (TPSA) is 68.2 Å². The number of aromatic nitrogens is 1. The Morgan fingerprint density at radius 2 is 1.35 bits per heavy atom. The number of para-hydroxylation sites is 2. The number of carbonyl (C=O) groups is 1. The van der Waals surface area contributed by atoms with E-state index < -0.39 is 9.84 Å². The van der Waals surface area contributed by atoms with Crippen LogP contribution < -0.4 is 5.32 Å². The molecule has 1 amide bonds. The molecule has 0 aliphatic carbocycles. The second-order valence-electron chi connectivity index (χ2n) is 7.91. The number of sulfone groups is 1. The van der Waals surface area contributed by atoms with Crippen LogP contribution in [0, 0.1) is 0 Å². The molecule has 168 valence electrons. The molecule has 5 aromatic rings. The zero-order valence-electron chi connectivity index (χ0n) is 18.3. The lowest BCUT2D eigenvalue weighted by Crippen LogP contribution is -2.18. The molecule has 0 aliphatic heterocycles. The third kappa shape index (κ3) is 4.11. The summed E-state index contributed by atoms with van der Waals surface area (Å²) in [5.74, 6) is -0.243. The summed E-state index contributed by atoms with van der Waals surface area (Å²) in [6.45, 7) is -0.0199. The first-order valence-corrected chi connectivity index (χ1v) is 12.3. The molecule has 5 rings (SSSR count). The minimum Gasteiger partial charge on any atom is -0.337 e. The normalized spacial score (nSPS) is 11.4. The van der Waals surface area contributed by atoms with Crippen LogP contribution in [0.3, 0.4) is 0 Å². The van der Waals surface area contributed by atoms with E-state index in [-0.39, 0.29) is 22.2 Å². The van der Waals surface area contributed by atoms with Crippen LogP contribution in [0.2, 0.25) is 0 Å². The molecule has 5 nitrogen and oxygen atoms in total. The highest BCUT2D eigenvalue weighted by molar-refractivity contribution is 7.91. The maximum atomic E-state index is 13.3. The summed E-state index contributed by atoms with van der Waals surface area (Å²) in [5, 5.41) is 3.58. The van der Waals surface area contributed by atoms with E-state index in [1.54, 1.807) is 53.2 Å². The van der Waals surface area contributed by atoms with E-state index in [0.29, 0.717) is 16.6 Å². The Balaban J connectivity index is 1.48.